The summed E-state index contributed by atoms with van der Waals surface area (Å²) in [5, 5.41) is 0. The van der Waals surface area contributed by atoms with Gasteiger partial charge in [0.1, 0.15) is 0 Å². The van der Waals surface area contributed by atoms with Crippen molar-refractivity contribution in [3.63, 3.8) is 0 Å². The molecule has 0 unspecified atom stereocenters. The monoisotopic (exact) mass is 1260 g/mol. The lowest BCUT2D eigenvalue weighted by Crippen LogP contribution is -2.69. The predicted molar refractivity (Wildman–Crippen MR) is 416 cm³/mol. The first-order chi connectivity index (χ1) is 52.3. The number of hydrogen-bond acceptors (Lipinski definition) is 6. The van der Waals surface area contributed by atoms with E-state index in [1.165, 1.54) is 0 Å². The van der Waals surface area contributed by atoms with Gasteiger partial charge in [-0.05, 0) is 167 Å². The van der Waals surface area contributed by atoms with Crippen molar-refractivity contribution in [2.75, 3.05) is 24.5 Å². The summed E-state index contributed by atoms with van der Waals surface area (Å²) < 4.78 is 83.0. The third kappa shape index (κ3) is 7.70. The Labute approximate surface area is 587 Å². The lowest BCUT2D eigenvalue weighted by atomic mass is 9.27. The molecular weight excluding hydrogens is 1200 g/mol. The number of benzene rings is 15. The van der Waals surface area contributed by atoms with Gasteiger partial charge in [0.05, 0.1) is 22.3 Å². The maximum absolute atomic E-state index is 9.61. The lowest BCUT2D eigenvalue weighted by molar-refractivity contribution is 0.481. The summed E-state index contributed by atoms with van der Waals surface area (Å²) in [5.74, 6) is 1.43. The first kappa shape index (κ1) is 47.2. The van der Waals surface area contributed by atoms with E-state index in [-0.39, 0.29) is 48.3 Å². The number of rotatable bonds is 8. The second-order valence-electron chi connectivity index (χ2n) is 26.4. The molecule has 456 valence electrons. The van der Waals surface area contributed by atoms with Crippen LogP contribution in [0.15, 0.2) is 340 Å². The molecule has 0 bridgehead atoms. The van der Waals surface area contributed by atoms with Crippen molar-refractivity contribution in [2.24, 2.45) is 0 Å². The molecule has 6 nitrogen and oxygen atoms in total. The van der Waals surface area contributed by atoms with E-state index in [0.717, 1.165) is 162 Å². The summed E-state index contributed by atoms with van der Waals surface area (Å²) in [6.07, 6.45) is 0. The molecule has 15 aromatic rings. The van der Waals surface area contributed by atoms with E-state index in [9.17, 15) is 8.22 Å². The Hall–Kier alpha value is -12.7. The van der Waals surface area contributed by atoms with Crippen LogP contribution in [0.5, 0.6) is 11.5 Å². The van der Waals surface area contributed by atoms with Gasteiger partial charge in [-0.1, -0.05) is 255 Å². The van der Waals surface area contributed by atoms with Crippen LogP contribution < -0.4 is 78.4 Å². The van der Waals surface area contributed by atoms with E-state index in [4.69, 9.17) is 7.48 Å². The standard InChI is InChI=1S/C90H56B3N5O/c1-9-26-57(27-10-1)61-45-49-70-77(52-61)94(63-34-17-5-18-35-63)75-42-25-43-76-83(75)92(70)73-54-74-80(55-79(73)95(76)64-36-19-6-20-37-64)97(66-40-23-8-24-41-66)82-56-81-84-88-85(82)93(74)72-51-47-68(60-32-15-4-16-33-60)90-87(72)98(88)86-71(50-46-67(89(86)99-90)59-30-13-3-14-31-59)91(84)69-48-44-62(58-28-11-2-12-29-58)53-78(69)96(81)65-38-21-7-22-39-65/h1-56H/i17D,18D,19D,20D,21D,22D,23D,24D. The van der Waals surface area contributed by atoms with Crippen molar-refractivity contribution in [1.82, 2.24) is 0 Å². The smallest absolute Gasteiger partial charge is 0.252 e. The van der Waals surface area contributed by atoms with Crippen molar-refractivity contribution in [1.29, 1.82) is 0 Å². The van der Waals surface area contributed by atoms with Gasteiger partial charge in [-0.3, -0.25) is 0 Å². The van der Waals surface area contributed by atoms with Crippen molar-refractivity contribution in [3.05, 3.63) is 340 Å². The van der Waals surface area contributed by atoms with Crippen LogP contribution in [0.1, 0.15) is 11.0 Å². The third-order valence-electron chi connectivity index (χ3n) is 21.4. The predicted octanol–water partition coefficient (Wildman–Crippen LogP) is 17.2. The first-order valence-corrected chi connectivity index (χ1v) is 33.7. The molecule has 0 amide bonds. The summed E-state index contributed by atoms with van der Waals surface area (Å²) in [6, 6.07) is 100. The third-order valence-corrected chi connectivity index (χ3v) is 21.4. The Morgan fingerprint density at radius 3 is 0.980 bits per heavy atom. The molecule has 9 heteroatoms. The van der Waals surface area contributed by atoms with Crippen LogP contribution >= 0.6 is 0 Å². The molecular formula is C90H56B3N5O. The average molecular weight is 1260 g/mol. The number of fused-ring (bicyclic) bond motifs is 10. The number of ether oxygens (including phenoxy) is 1. The highest BCUT2D eigenvalue weighted by molar-refractivity contribution is 7.06. The zero-order valence-electron chi connectivity index (χ0n) is 61.1. The van der Waals surface area contributed by atoms with Crippen LogP contribution in [0.4, 0.5) is 85.3 Å². The maximum Gasteiger partial charge on any atom is 0.252 e. The molecule has 0 radical (unpaired) electrons. The first-order valence-electron chi connectivity index (χ1n) is 37.7. The number of nitrogens with zero attached hydrogens (tertiary/aromatic N) is 5. The molecule has 99 heavy (non-hydrogen) atoms. The second-order valence-corrected chi connectivity index (χ2v) is 26.4. The Bertz CT molecular complexity index is 6350. The molecule has 15 aromatic carbocycles. The topological polar surface area (TPSA) is 25.4 Å². The number of anilines is 15. The van der Waals surface area contributed by atoms with Crippen molar-refractivity contribution in [2.45, 2.75) is 0 Å². The molecule has 7 heterocycles. The van der Waals surface area contributed by atoms with Crippen molar-refractivity contribution in [3.8, 4) is 56.0 Å². The Morgan fingerprint density at radius 2 is 0.566 bits per heavy atom. The van der Waals surface area contributed by atoms with Gasteiger partial charge in [-0.15, -0.1) is 0 Å². The Morgan fingerprint density at radius 1 is 0.222 bits per heavy atom. The minimum atomic E-state index is -0.542. The van der Waals surface area contributed by atoms with E-state index in [2.05, 4.69) is 206 Å². The molecule has 7 aliphatic heterocycles. The van der Waals surface area contributed by atoms with E-state index < -0.39 is 20.1 Å². The molecule has 22 rings (SSSR count). The van der Waals surface area contributed by atoms with Crippen LogP contribution in [0.3, 0.4) is 0 Å². The fourth-order valence-electron chi connectivity index (χ4n) is 17.5. The van der Waals surface area contributed by atoms with Crippen LogP contribution in [0.2, 0.25) is 0 Å². The van der Waals surface area contributed by atoms with Gasteiger partial charge in [0, 0.05) is 85.1 Å². The summed E-state index contributed by atoms with van der Waals surface area (Å²) in [5.41, 5.74) is 28.9. The molecule has 0 saturated heterocycles. The Kier molecular flexibility index (Phi) is 9.97. The lowest BCUT2D eigenvalue weighted by Gasteiger charge is -2.53. The van der Waals surface area contributed by atoms with Gasteiger partial charge in [0.2, 0.25) is 0 Å². The highest BCUT2D eigenvalue weighted by atomic mass is 16.5. The molecule has 0 N–H and O–H groups in total. The summed E-state index contributed by atoms with van der Waals surface area (Å²) in [4.78, 5) is 11.5. The largest absolute Gasteiger partial charge is 0.452 e. The fourth-order valence-corrected chi connectivity index (χ4v) is 17.5. The van der Waals surface area contributed by atoms with Gasteiger partial charge >= 0.3 is 0 Å². The van der Waals surface area contributed by atoms with Gasteiger partial charge < -0.3 is 29.2 Å². The zero-order chi connectivity index (χ0) is 71.5. The molecule has 0 aliphatic carbocycles. The van der Waals surface area contributed by atoms with E-state index in [0.29, 0.717) is 28.5 Å². The van der Waals surface area contributed by atoms with Crippen LogP contribution in [-0.4, -0.2) is 20.1 Å². The van der Waals surface area contributed by atoms with Crippen molar-refractivity contribution >= 4 is 155 Å². The SMILES string of the molecule is [2H]c1cc([2H])cc(N2c3cc(-c4ccccc4)ccc3B3c4cc5c(cc4N(c4cc([2H])cc([2H])c4)c4cccc2c43)N(c2cc([2H])cc([2H])c2)c2cc3c4c6c2B5c2ccc(-c5ccccc5)c5c2N6c2c(ccc(-c6ccccc6)c2O5)B4c2ccc(-c4ccccc4)cc2N3c2cc([2H])cc([2H])c2)c1. The normalized spacial score (nSPS) is 14.9. The minimum absolute atomic E-state index is 0.162. The van der Waals surface area contributed by atoms with E-state index in [1.807, 2.05) is 84.9 Å². The number of hydrogen-bond donors (Lipinski definition) is 0. The van der Waals surface area contributed by atoms with Crippen LogP contribution in [0, 0.1) is 0 Å². The van der Waals surface area contributed by atoms with Gasteiger partial charge in [0.25, 0.3) is 20.1 Å². The highest BCUT2D eigenvalue weighted by Gasteiger charge is 2.56. The molecule has 0 fully saturated rings. The fraction of sp³-hybridized carbons (Fsp3) is 0. The van der Waals surface area contributed by atoms with Crippen LogP contribution in [0.25, 0.3) is 44.5 Å². The van der Waals surface area contributed by atoms with Gasteiger partial charge in [-0.25, -0.2) is 0 Å². The van der Waals surface area contributed by atoms with E-state index in [1.54, 1.807) is 24.3 Å². The molecule has 0 atom stereocenters. The maximum atomic E-state index is 9.61. The minimum Gasteiger partial charge on any atom is -0.452 e. The molecule has 7 aliphatic rings. The zero-order valence-corrected chi connectivity index (χ0v) is 53.1. The molecule has 0 aromatic heterocycles. The quantitative estimate of drug-likeness (QED) is 0.141. The molecule has 0 spiro atoms. The van der Waals surface area contributed by atoms with Crippen LogP contribution in [-0.2, 0) is 0 Å². The summed E-state index contributed by atoms with van der Waals surface area (Å²) in [7, 11) is 0. The summed E-state index contributed by atoms with van der Waals surface area (Å²) >= 11 is 0. The number of para-hydroxylation sites is 4. The molecule has 0 saturated carbocycles. The second kappa shape index (κ2) is 20.9. The van der Waals surface area contributed by atoms with Gasteiger partial charge in [-0.2, -0.15) is 0 Å². The van der Waals surface area contributed by atoms with Gasteiger partial charge in [0.15, 0.2) is 11.5 Å². The van der Waals surface area contributed by atoms with E-state index >= 15 is 0 Å². The highest BCUT2D eigenvalue weighted by Crippen LogP contribution is 2.60. The average Bonchev–Trinajstić information content (AvgIpc) is 0.657. The Balaban J connectivity index is 0.904. The van der Waals surface area contributed by atoms with Crippen molar-refractivity contribution < 1.29 is 15.7 Å². The summed E-state index contributed by atoms with van der Waals surface area (Å²) in [6.45, 7) is -1.41.